The molecule has 0 aromatic heterocycles. The highest BCUT2D eigenvalue weighted by atomic mass is 16.6. The van der Waals surface area contributed by atoms with Crippen molar-refractivity contribution < 1.29 is 29.6 Å². The van der Waals surface area contributed by atoms with Crippen LogP contribution in [0.5, 0.6) is 0 Å². The number of carbonyl (C=O) groups is 2. The summed E-state index contributed by atoms with van der Waals surface area (Å²) in [6.45, 7) is 5.99. The average molecular weight is 304 g/mol. The molecule has 1 rings (SSSR count). The second-order valence-electron chi connectivity index (χ2n) is 6.27. The van der Waals surface area contributed by atoms with Gasteiger partial charge in [-0.05, 0) is 25.7 Å². The number of hydrogen-bond acceptors (Lipinski definition) is 5. The molecule has 1 fully saturated rings. The Morgan fingerprint density at radius 3 is 1.86 bits per heavy atom. The molecule has 0 aliphatic heterocycles. The van der Waals surface area contributed by atoms with E-state index in [1.165, 1.54) is 0 Å². The van der Waals surface area contributed by atoms with Crippen molar-refractivity contribution in [2.45, 2.75) is 64.9 Å². The van der Waals surface area contributed by atoms with E-state index in [0.717, 1.165) is 12.8 Å². The zero-order valence-electron chi connectivity index (χ0n) is 13.2. The van der Waals surface area contributed by atoms with Crippen LogP contribution in [0.15, 0.2) is 0 Å². The van der Waals surface area contributed by atoms with Crippen molar-refractivity contribution in [2.75, 3.05) is 13.2 Å². The lowest BCUT2D eigenvalue weighted by Crippen LogP contribution is -2.33. The highest BCUT2D eigenvalue weighted by Crippen LogP contribution is 2.52. The monoisotopic (exact) mass is 304 g/mol. The van der Waals surface area contributed by atoms with Crippen molar-refractivity contribution in [3.63, 3.8) is 0 Å². The maximum absolute atomic E-state index is 11.6. The number of rotatable bonds is 7. The van der Waals surface area contributed by atoms with Crippen LogP contribution in [0.4, 0.5) is 0 Å². The van der Waals surface area contributed by atoms with Crippen LogP contribution in [-0.2, 0) is 14.3 Å². The van der Waals surface area contributed by atoms with Crippen molar-refractivity contribution in [3.8, 4) is 0 Å². The minimum Gasteiger partial charge on any atom is -0.481 e. The first-order valence-electron chi connectivity index (χ1n) is 7.34. The molecule has 21 heavy (non-hydrogen) atoms. The zero-order chi connectivity index (χ0) is 16.5. The van der Waals surface area contributed by atoms with E-state index in [0.29, 0.717) is 19.3 Å². The Hall–Kier alpha value is -1.14. The Balaban J connectivity index is 0.000000885. The maximum atomic E-state index is 11.6. The second-order valence-corrected chi connectivity index (χ2v) is 6.27. The van der Waals surface area contributed by atoms with Gasteiger partial charge >= 0.3 is 11.9 Å². The number of carboxylic acid groups (broad SMARTS) is 1. The minimum absolute atomic E-state index is 0.0102. The number of esters is 1. The molecule has 0 heterocycles. The van der Waals surface area contributed by atoms with Gasteiger partial charge in [0.2, 0.25) is 0 Å². The van der Waals surface area contributed by atoms with Crippen LogP contribution in [0, 0.1) is 5.41 Å². The number of carboxylic acids is 1. The molecule has 1 saturated carbocycles. The van der Waals surface area contributed by atoms with E-state index in [9.17, 15) is 9.59 Å². The van der Waals surface area contributed by atoms with Crippen molar-refractivity contribution in [3.05, 3.63) is 0 Å². The second kappa shape index (κ2) is 9.00. The van der Waals surface area contributed by atoms with Crippen LogP contribution in [-0.4, -0.2) is 46.1 Å². The summed E-state index contributed by atoms with van der Waals surface area (Å²) in [4.78, 5) is 21.9. The normalized spacial score (nSPS) is 15.7. The van der Waals surface area contributed by atoms with Crippen LogP contribution >= 0.6 is 0 Å². The first-order chi connectivity index (χ1) is 9.68. The smallest absolute Gasteiger partial charge is 0.306 e. The van der Waals surface area contributed by atoms with E-state index >= 15 is 0 Å². The van der Waals surface area contributed by atoms with Gasteiger partial charge in [0, 0.05) is 18.3 Å². The Labute approximate surface area is 126 Å². The van der Waals surface area contributed by atoms with Gasteiger partial charge in [0.25, 0.3) is 0 Å². The predicted octanol–water partition coefficient (Wildman–Crippen LogP) is 1.72. The molecule has 0 amide bonds. The van der Waals surface area contributed by atoms with Crippen molar-refractivity contribution in [1.82, 2.24) is 0 Å². The molecule has 0 radical (unpaired) electrons. The van der Waals surface area contributed by atoms with Gasteiger partial charge in [0.1, 0.15) is 5.60 Å². The Morgan fingerprint density at radius 2 is 1.52 bits per heavy atom. The third-order valence-electron chi connectivity index (χ3n) is 3.50. The van der Waals surface area contributed by atoms with Crippen LogP contribution < -0.4 is 0 Å². The third-order valence-corrected chi connectivity index (χ3v) is 3.50. The first kappa shape index (κ1) is 19.9. The van der Waals surface area contributed by atoms with E-state index in [1.807, 2.05) is 0 Å². The van der Waals surface area contributed by atoms with Gasteiger partial charge in [-0.3, -0.25) is 9.59 Å². The van der Waals surface area contributed by atoms with Crippen molar-refractivity contribution >= 4 is 11.9 Å². The molecule has 6 heteroatoms. The lowest BCUT2D eigenvalue weighted by molar-refractivity contribution is -0.158. The molecule has 3 N–H and O–H groups in total. The number of ether oxygens (including phenoxy) is 1. The van der Waals surface area contributed by atoms with Crippen molar-refractivity contribution in [1.29, 1.82) is 0 Å². The third kappa shape index (κ3) is 8.02. The maximum Gasteiger partial charge on any atom is 0.306 e. The molecule has 1 aliphatic rings. The SMILES string of the molecule is CC(C)(C)C1(OC(=O)CCCCC(=O)O)CC1.OCCO. The van der Waals surface area contributed by atoms with Crippen LogP contribution in [0.3, 0.4) is 0 Å². The van der Waals surface area contributed by atoms with Gasteiger partial charge in [-0.15, -0.1) is 0 Å². The van der Waals surface area contributed by atoms with Gasteiger partial charge in [-0.2, -0.15) is 0 Å². The summed E-state index contributed by atoms with van der Waals surface area (Å²) >= 11 is 0. The zero-order valence-corrected chi connectivity index (χ0v) is 13.2. The molecule has 0 saturated heterocycles. The van der Waals surface area contributed by atoms with Gasteiger partial charge in [-0.25, -0.2) is 0 Å². The quantitative estimate of drug-likeness (QED) is 0.489. The standard InChI is InChI=1S/C13H22O4.C2H6O2/c1-12(2,3)13(8-9-13)17-11(16)7-5-4-6-10(14)15;3-1-2-4/h4-9H2,1-3H3,(H,14,15);3-4H,1-2H2. The van der Waals surface area contributed by atoms with Crippen LogP contribution in [0.1, 0.15) is 59.3 Å². The van der Waals surface area contributed by atoms with E-state index in [2.05, 4.69) is 20.8 Å². The van der Waals surface area contributed by atoms with Gasteiger partial charge in [-0.1, -0.05) is 20.8 Å². The molecular formula is C15H28O6. The fourth-order valence-corrected chi connectivity index (χ4v) is 1.93. The van der Waals surface area contributed by atoms with Gasteiger partial charge in [0.05, 0.1) is 13.2 Å². The Kier molecular flexibility index (Phi) is 8.51. The summed E-state index contributed by atoms with van der Waals surface area (Å²) < 4.78 is 5.53. The van der Waals surface area contributed by atoms with Crippen LogP contribution in [0.25, 0.3) is 0 Å². The largest absolute Gasteiger partial charge is 0.481 e. The summed E-state index contributed by atoms with van der Waals surface area (Å²) in [6, 6.07) is 0. The van der Waals surface area contributed by atoms with E-state index in [4.69, 9.17) is 20.1 Å². The molecule has 124 valence electrons. The topological polar surface area (TPSA) is 104 Å². The highest BCUT2D eigenvalue weighted by Gasteiger charge is 2.55. The number of unbranched alkanes of at least 4 members (excludes halogenated alkanes) is 1. The summed E-state index contributed by atoms with van der Waals surface area (Å²) in [5, 5.41) is 23.7. The summed E-state index contributed by atoms with van der Waals surface area (Å²) in [6.07, 6.45) is 3.45. The molecule has 6 nitrogen and oxygen atoms in total. The van der Waals surface area contributed by atoms with Crippen molar-refractivity contribution in [2.24, 2.45) is 5.41 Å². The molecule has 0 unspecified atom stereocenters. The predicted molar refractivity (Wildman–Crippen MR) is 77.8 cm³/mol. The van der Waals surface area contributed by atoms with E-state index < -0.39 is 5.97 Å². The van der Waals surface area contributed by atoms with Gasteiger partial charge < -0.3 is 20.1 Å². The Bertz CT molecular complexity index is 326. The van der Waals surface area contributed by atoms with Gasteiger partial charge in [0.15, 0.2) is 0 Å². The lowest BCUT2D eigenvalue weighted by Gasteiger charge is -2.30. The number of aliphatic hydroxyl groups excluding tert-OH is 2. The summed E-state index contributed by atoms with van der Waals surface area (Å²) in [5.74, 6) is -1.01. The Morgan fingerprint density at radius 1 is 1.05 bits per heavy atom. The highest BCUT2D eigenvalue weighted by molar-refractivity contribution is 5.70. The van der Waals surface area contributed by atoms with E-state index in [-0.39, 0.29) is 36.6 Å². The summed E-state index contributed by atoms with van der Waals surface area (Å²) in [7, 11) is 0. The fourth-order valence-electron chi connectivity index (χ4n) is 1.93. The molecule has 1 aliphatic carbocycles. The molecule has 0 atom stereocenters. The number of hydrogen-bond donors (Lipinski definition) is 3. The lowest BCUT2D eigenvalue weighted by atomic mass is 9.86. The molecule has 0 spiro atoms. The first-order valence-corrected chi connectivity index (χ1v) is 7.34. The molecule has 0 aromatic rings. The van der Waals surface area contributed by atoms with E-state index in [1.54, 1.807) is 0 Å². The average Bonchev–Trinajstić information content (AvgIpc) is 3.15. The number of aliphatic carboxylic acids is 1. The number of aliphatic hydroxyl groups is 2. The minimum atomic E-state index is -0.813. The summed E-state index contributed by atoms with van der Waals surface area (Å²) in [5.41, 5.74) is -0.277. The number of carbonyl (C=O) groups excluding carboxylic acids is 1. The van der Waals surface area contributed by atoms with Crippen LogP contribution in [0.2, 0.25) is 0 Å². The molecule has 0 aromatic carbocycles. The molecule has 0 bridgehead atoms. The molecular weight excluding hydrogens is 276 g/mol. The fraction of sp³-hybridized carbons (Fsp3) is 0.867.